The Morgan fingerprint density at radius 1 is 1.05 bits per heavy atom. The van der Waals surface area contributed by atoms with Gasteiger partial charge in [-0.1, -0.05) is 12.1 Å². The number of alkyl halides is 3. The van der Waals surface area contributed by atoms with Crippen LogP contribution < -0.4 is 15.6 Å². The minimum Gasteiger partial charge on any atom is -0.494 e. The molecule has 2 aromatic carbocycles. The van der Waals surface area contributed by atoms with Crippen molar-refractivity contribution in [2.24, 2.45) is 0 Å². The first-order chi connectivity index (χ1) is 17.7. The summed E-state index contributed by atoms with van der Waals surface area (Å²) in [5.74, 6) is -1.30. The second kappa shape index (κ2) is 10.4. The van der Waals surface area contributed by atoms with Crippen LogP contribution in [0.2, 0.25) is 0 Å². The molecule has 0 radical (unpaired) electrons. The van der Waals surface area contributed by atoms with E-state index in [1.807, 2.05) is 6.92 Å². The van der Waals surface area contributed by atoms with Crippen LogP contribution in [0.25, 0.3) is 16.5 Å². The summed E-state index contributed by atoms with van der Waals surface area (Å²) in [5.41, 5.74) is -2.30. The first-order valence-electron chi connectivity index (χ1n) is 11.1. The van der Waals surface area contributed by atoms with Crippen LogP contribution in [0.4, 0.5) is 18.2 Å². The number of halogens is 3. The maximum Gasteiger partial charge on any atom is 0.417 e. The topological polar surface area (TPSA) is 99.5 Å². The fourth-order valence-electron chi connectivity index (χ4n) is 3.62. The van der Waals surface area contributed by atoms with E-state index in [0.29, 0.717) is 18.0 Å². The molecule has 4 rings (SSSR count). The number of amides is 1. The van der Waals surface area contributed by atoms with Crippen LogP contribution in [0.15, 0.2) is 58.7 Å². The Balaban J connectivity index is 1.85. The quantitative estimate of drug-likeness (QED) is 0.325. The first kappa shape index (κ1) is 25.9. The van der Waals surface area contributed by atoms with Gasteiger partial charge in [0.15, 0.2) is 5.69 Å². The average molecular weight is 532 g/mol. The lowest BCUT2D eigenvalue weighted by Gasteiger charge is -2.13. The van der Waals surface area contributed by atoms with Crippen molar-refractivity contribution in [3.05, 3.63) is 81.1 Å². The summed E-state index contributed by atoms with van der Waals surface area (Å²) in [7, 11) is 0. The molecule has 12 heteroatoms. The van der Waals surface area contributed by atoms with Crippen LogP contribution in [-0.4, -0.2) is 34.9 Å². The fourth-order valence-corrected chi connectivity index (χ4v) is 4.55. The van der Waals surface area contributed by atoms with Crippen LogP contribution in [0.5, 0.6) is 5.75 Å². The van der Waals surface area contributed by atoms with Gasteiger partial charge in [-0.3, -0.25) is 9.59 Å². The number of esters is 1. The molecule has 1 N–H and O–H groups in total. The van der Waals surface area contributed by atoms with Crippen molar-refractivity contribution < 1.29 is 32.2 Å². The third-order valence-electron chi connectivity index (χ3n) is 5.22. The number of rotatable bonds is 7. The predicted octanol–water partition coefficient (Wildman–Crippen LogP) is 5.29. The number of nitrogens with zero attached hydrogens (tertiary/aromatic N) is 2. The Kier molecular flexibility index (Phi) is 7.30. The lowest BCUT2D eigenvalue weighted by atomic mass is 10.1. The minimum absolute atomic E-state index is 0.0328. The van der Waals surface area contributed by atoms with E-state index in [0.717, 1.165) is 28.2 Å². The normalized spacial score (nSPS) is 11.4. The predicted molar refractivity (Wildman–Crippen MR) is 132 cm³/mol. The van der Waals surface area contributed by atoms with Crippen molar-refractivity contribution in [3.8, 4) is 11.4 Å². The number of hydrogen-bond donors (Lipinski definition) is 1. The number of thiophene rings is 1. The van der Waals surface area contributed by atoms with Gasteiger partial charge in [0.1, 0.15) is 10.8 Å². The molecule has 0 fully saturated rings. The molecule has 0 aliphatic carbocycles. The minimum atomic E-state index is -4.76. The van der Waals surface area contributed by atoms with Crippen molar-refractivity contribution in [1.82, 2.24) is 9.78 Å². The zero-order chi connectivity index (χ0) is 26.7. The highest BCUT2D eigenvalue weighted by molar-refractivity contribution is 7.16. The summed E-state index contributed by atoms with van der Waals surface area (Å²) in [6.07, 6.45) is -4.76. The monoisotopic (exact) mass is 531 g/mol. The van der Waals surface area contributed by atoms with Crippen molar-refractivity contribution in [2.45, 2.75) is 20.0 Å². The Hall–Kier alpha value is -4.19. The summed E-state index contributed by atoms with van der Waals surface area (Å²) in [6, 6.07) is 10.7. The summed E-state index contributed by atoms with van der Waals surface area (Å²) >= 11 is 0.882. The maximum absolute atomic E-state index is 13.5. The SMILES string of the molecule is CCOC(=O)c1nn(-c2ccc(OCC)cc2)c(=O)c2c(NC(=O)c3ccccc3C(F)(F)F)scc12. The van der Waals surface area contributed by atoms with Crippen molar-refractivity contribution in [2.75, 3.05) is 18.5 Å². The number of nitrogens with one attached hydrogen (secondary N) is 1. The Morgan fingerprint density at radius 3 is 2.41 bits per heavy atom. The summed E-state index contributed by atoms with van der Waals surface area (Å²) < 4.78 is 51.8. The smallest absolute Gasteiger partial charge is 0.417 e. The molecule has 8 nitrogen and oxygen atoms in total. The van der Waals surface area contributed by atoms with Gasteiger partial charge >= 0.3 is 12.1 Å². The van der Waals surface area contributed by atoms with Gasteiger partial charge in [0.25, 0.3) is 11.5 Å². The summed E-state index contributed by atoms with van der Waals surface area (Å²) in [4.78, 5) is 39.0. The highest BCUT2D eigenvalue weighted by Crippen LogP contribution is 2.34. The van der Waals surface area contributed by atoms with Gasteiger partial charge in [-0.15, -0.1) is 11.3 Å². The molecular weight excluding hydrogens is 511 g/mol. The zero-order valence-electron chi connectivity index (χ0n) is 19.6. The van der Waals surface area contributed by atoms with Crippen LogP contribution in [0, 0.1) is 0 Å². The van der Waals surface area contributed by atoms with E-state index in [9.17, 15) is 27.6 Å². The molecule has 0 bridgehead atoms. The molecule has 0 atom stereocenters. The highest BCUT2D eigenvalue weighted by Gasteiger charge is 2.35. The van der Waals surface area contributed by atoms with Crippen LogP contribution in [0.1, 0.15) is 40.3 Å². The van der Waals surface area contributed by atoms with Crippen LogP contribution >= 0.6 is 11.3 Å². The van der Waals surface area contributed by atoms with E-state index in [1.165, 1.54) is 17.5 Å². The molecule has 1 amide bonds. The van der Waals surface area contributed by atoms with Crippen LogP contribution in [-0.2, 0) is 10.9 Å². The van der Waals surface area contributed by atoms with Gasteiger partial charge in [0.2, 0.25) is 0 Å². The molecule has 37 heavy (non-hydrogen) atoms. The van der Waals surface area contributed by atoms with Gasteiger partial charge < -0.3 is 14.8 Å². The number of benzene rings is 2. The van der Waals surface area contributed by atoms with Crippen molar-refractivity contribution in [1.29, 1.82) is 0 Å². The lowest BCUT2D eigenvalue weighted by molar-refractivity contribution is -0.137. The lowest BCUT2D eigenvalue weighted by Crippen LogP contribution is -2.26. The van der Waals surface area contributed by atoms with Gasteiger partial charge in [-0.05, 0) is 50.2 Å². The Morgan fingerprint density at radius 2 is 1.76 bits per heavy atom. The average Bonchev–Trinajstić information content (AvgIpc) is 3.28. The number of carbonyl (C=O) groups is 2. The van der Waals surface area contributed by atoms with E-state index in [-0.39, 0.29) is 28.1 Å². The second-order valence-corrected chi connectivity index (χ2v) is 8.44. The number of anilines is 1. The molecule has 0 spiro atoms. The van der Waals surface area contributed by atoms with Gasteiger partial charge in [-0.2, -0.15) is 23.0 Å². The zero-order valence-corrected chi connectivity index (χ0v) is 20.4. The molecule has 0 unspecified atom stereocenters. The van der Waals surface area contributed by atoms with E-state index in [2.05, 4.69) is 10.4 Å². The van der Waals surface area contributed by atoms with Crippen molar-refractivity contribution >= 4 is 39.0 Å². The van der Waals surface area contributed by atoms with Crippen molar-refractivity contribution in [3.63, 3.8) is 0 Å². The number of ether oxygens (including phenoxy) is 2. The second-order valence-electron chi connectivity index (χ2n) is 7.56. The molecule has 2 heterocycles. The van der Waals surface area contributed by atoms with E-state index < -0.39 is 34.7 Å². The van der Waals surface area contributed by atoms with E-state index in [1.54, 1.807) is 31.2 Å². The molecule has 0 aliphatic heterocycles. The third-order valence-corrected chi connectivity index (χ3v) is 6.11. The summed E-state index contributed by atoms with van der Waals surface area (Å²) in [6.45, 7) is 3.91. The molecule has 192 valence electrons. The Labute approximate surface area is 212 Å². The van der Waals surface area contributed by atoms with Gasteiger partial charge in [-0.25, -0.2) is 4.79 Å². The largest absolute Gasteiger partial charge is 0.494 e. The molecular formula is C25H20F3N3O5S. The van der Waals surface area contributed by atoms with Gasteiger partial charge in [0.05, 0.1) is 35.4 Å². The number of carbonyl (C=O) groups excluding carboxylic acids is 2. The molecule has 4 aromatic rings. The number of hydrogen-bond acceptors (Lipinski definition) is 7. The van der Waals surface area contributed by atoms with Crippen LogP contribution in [0.3, 0.4) is 0 Å². The highest BCUT2D eigenvalue weighted by atomic mass is 32.1. The number of fused-ring (bicyclic) bond motifs is 1. The van der Waals surface area contributed by atoms with Gasteiger partial charge in [0, 0.05) is 10.8 Å². The first-order valence-corrected chi connectivity index (χ1v) is 12.0. The Bertz CT molecular complexity index is 1530. The molecule has 0 saturated carbocycles. The fraction of sp³-hybridized carbons (Fsp3) is 0.200. The summed E-state index contributed by atoms with van der Waals surface area (Å²) in [5, 5.41) is 8.01. The van der Waals surface area contributed by atoms with E-state index >= 15 is 0 Å². The standard InChI is InChI=1S/C25H20F3N3O5S/c1-3-35-15-11-9-14(10-12-15)31-23(33)19-17(20(30-31)24(34)36-4-2)13-37-22(19)29-21(32)16-7-5-6-8-18(16)25(26,27)28/h5-13H,3-4H2,1-2H3,(H,29,32). The molecule has 0 saturated heterocycles. The molecule has 2 aromatic heterocycles. The van der Waals surface area contributed by atoms with E-state index in [4.69, 9.17) is 9.47 Å². The maximum atomic E-state index is 13.5. The molecule has 0 aliphatic rings. The number of aromatic nitrogens is 2. The third kappa shape index (κ3) is 5.19.